The minimum absolute atomic E-state index is 0.145. The molecule has 0 bridgehead atoms. The van der Waals surface area contributed by atoms with Crippen molar-refractivity contribution < 1.29 is 14.3 Å². The second-order valence-electron chi connectivity index (χ2n) is 9.45. The van der Waals surface area contributed by atoms with Crippen LogP contribution in [0.4, 0.5) is 0 Å². The molecule has 3 nitrogen and oxygen atoms in total. The summed E-state index contributed by atoms with van der Waals surface area (Å²) in [5.41, 5.74) is 3.31. The first kappa shape index (κ1) is 17.5. The van der Waals surface area contributed by atoms with Gasteiger partial charge in [0.25, 0.3) is 0 Å². The number of allylic oxidation sites excluding steroid dienone is 2. The van der Waals surface area contributed by atoms with Gasteiger partial charge in [0.15, 0.2) is 0 Å². The number of ketones is 1. The van der Waals surface area contributed by atoms with Crippen molar-refractivity contribution in [2.24, 2.45) is 22.7 Å². The maximum atomic E-state index is 12.4. The quantitative estimate of drug-likeness (QED) is 0.529. The zero-order chi connectivity index (χ0) is 18.7. The first-order valence-corrected chi connectivity index (χ1v) is 9.79. The zero-order valence-corrected chi connectivity index (χ0v) is 16.2. The molecule has 138 valence electrons. The molecule has 1 fully saturated rings. The van der Waals surface area contributed by atoms with Gasteiger partial charge >= 0.3 is 5.97 Å². The number of rotatable bonds is 1. The summed E-state index contributed by atoms with van der Waals surface area (Å²) in [6.45, 7) is 7.77. The van der Waals surface area contributed by atoms with Crippen molar-refractivity contribution >= 4 is 17.3 Å². The van der Waals surface area contributed by atoms with E-state index in [1.807, 2.05) is 32.9 Å². The maximum absolute atomic E-state index is 12.4. The minimum atomic E-state index is -0.508. The molecule has 0 aliphatic heterocycles. The Morgan fingerprint density at radius 3 is 2.69 bits per heavy atom. The molecule has 3 aliphatic rings. The average Bonchev–Trinajstić information content (AvgIpc) is 2.89. The number of benzene rings is 1. The summed E-state index contributed by atoms with van der Waals surface area (Å²) < 4.78 is 5.58. The van der Waals surface area contributed by atoms with Crippen LogP contribution < -0.4 is 4.74 Å². The Bertz CT molecular complexity index is 811. The molecule has 1 aromatic carbocycles. The van der Waals surface area contributed by atoms with Crippen LogP contribution in [0.2, 0.25) is 0 Å². The van der Waals surface area contributed by atoms with E-state index in [2.05, 4.69) is 19.1 Å². The lowest BCUT2D eigenvalue weighted by Crippen LogP contribution is -2.38. The fourth-order valence-electron chi connectivity index (χ4n) is 5.06. The fourth-order valence-corrected chi connectivity index (χ4v) is 5.06. The lowest BCUT2D eigenvalue weighted by Gasteiger charge is -2.43. The van der Waals surface area contributed by atoms with E-state index in [1.54, 1.807) is 0 Å². The summed E-state index contributed by atoms with van der Waals surface area (Å²) in [6.07, 6.45) is 7.02. The zero-order valence-electron chi connectivity index (χ0n) is 16.2. The molecule has 0 amide bonds. The monoisotopic (exact) mass is 352 g/mol. The topological polar surface area (TPSA) is 43.4 Å². The summed E-state index contributed by atoms with van der Waals surface area (Å²) in [7, 11) is 0. The van der Waals surface area contributed by atoms with E-state index >= 15 is 0 Å². The van der Waals surface area contributed by atoms with Crippen LogP contribution in [0.3, 0.4) is 0 Å². The van der Waals surface area contributed by atoms with Gasteiger partial charge in [-0.2, -0.15) is 0 Å². The van der Waals surface area contributed by atoms with Gasteiger partial charge in [0.2, 0.25) is 0 Å². The molecule has 0 radical (unpaired) electrons. The van der Waals surface area contributed by atoms with Gasteiger partial charge in [-0.1, -0.05) is 19.1 Å². The number of hydrogen-bond acceptors (Lipinski definition) is 3. The van der Waals surface area contributed by atoms with Gasteiger partial charge in [0.1, 0.15) is 11.5 Å². The number of fused-ring (bicyclic) bond motifs is 5. The van der Waals surface area contributed by atoms with Gasteiger partial charge in [-0.25, -0.2) is 0 Å². The lowest BCUT2D eigenvalue weighted by molar-refractivity contribution is -0.143. The Labute approximate surface area is 155 Å². The van der Waals surface area contributed by atoms with E-state index in [1.165, 1.54) is 16.7 Å². The highest BCUT2D eigenvalue weighted by atomic mass is 16.5. The second kappa shape index (κ2) is 5.80. The lowest BCUT2D eigenvalue weighted by atomic mass is 9.60. The van der Waals surface area contributed by atoms with E-state index in [9.17, 15) is 9.59 Å². The van der Waals surface area contributed by atoms with Crippen LogP contribution in [-0.2, 0) is 16.0 Å². The van der Waals surface area contributed by atoms with Crippen molar-refractivity contribution in [3.05, 3.63) is 35.4 Å². The number of aryl methyl sites for hydroxylation is 1. The number of carbonyl (C=O) groups is 2. The molecule has 1 aromatic rings. The number of hydrogen-bond donors (Lipinski definition) is 0. The van der Waals surface area contributed by atoms with Gasteiger partial charge in [0.05, 0.1) is 5.41 Å². The van der Waals surface area contributed by atoms with Gasteiger partial charge < -0.3 is 4.74 Å². The van der Waals surface area contributed by atoms with Crippen molar-refractivity contribution in [1.29, 1.82) is 0 Å². The summed E-state index contributed by atoms with van der Waals surface area (Å²) in [5.74, 6) is 1.87. The Morgan fingerprint density at radius 1 is 1.19 bits per heavy atom. The molecule has 3 atom stereocenters. The van der Waals surface area contributed by atoms with Crippen LogP contribution in [0.1, 0.15) is 64.5 Å². The van der Waals surface area contributed by atoms with E-state index in [-0.39, 0.29) is 11.4 Å². The molecule has 0 N–H and O–H groups in total. The molecular weight excluding hydrogens is 324 g/mol. The summed E-state index contributed by atoms with van der Waals surface area (Å²) in [6, 6.07) is 6.06. The summed E-state index contributed by atoms with van der Waals surface area (Å²) in [4.78, 5) is 24.6. The predicted molar refractivity (Wildman–Crippen MR) is 102 cm³/mol. The Kier molecular flexibility index (Phi) is 3.91. The van der Waals surface area contributed by atoms with Crippen molar-refractivity contribution in [3.63, 3.8) is 0 Å². The Hall–Kier alpha value is -1.90. The molecular formula is C23H28O3. The third kappa shape index (κ3) is 2.64. The molecule has 3 aliphatic carbocycles. The van der Waals surface area contributed by atoms with Crippen LogP contribution in [0.25, 0.3) is 5.57 Å². The number of Topliss-reactive ketones (excluding diaryl/α,β-unsaturated/α-hetero) is 1. The maximum Gasteiger partial charge on any atom is 0.316 e. The van der Waals surface area contributed by atoms with Crippen molar-refractivity contribution in [1.82, 2.24) is 0 Å². The van der Waals surface area contributed by atoms with Crippen molar-refractivity contribution in [2.75, 3.05) is 0 Å². The second-order valence-corrected chi connectivity index (χ2v) is 9.45. The Balaban J connectivity index is 1.63. The summed E-state index contributed by atoms with van der Waals surface area (Å²) in [5, 5.41) is 0. The van der Waals surface area contributed by atoms with E-state index < -0.39 is 5.41 Å². The van der Waals surface area contributed by atoms with Crippen LogP contribution in [0.15, 0.2) is 24.3 Å². The van der Waals surface area contributed by atoms with Gasteiger partial charge in [0, 0.05) is 11.8 Å². The molecule has 0 aromatic heterocycles. The molecule has 0 spiro atoms. The van der Waals surface area contributed by atoms with Crippen LogP contribution in [0, 0.1) is 22.7 Å². The van der Waals surface area contributed by atoms with Gasteiger partial charge in [-0.05, 0) is 87.1 Å². The molecule has 0 saturated heterocycles. The standard InChI is InChI=1S/C23H28O3/c1-22(2,3)21(25)26-15-6-8-16-14(13-15)5-7-18-17(16)11-12-23(4)19(18)9-10-20(23)24/h6,8,11,13,18-19H,5,7,9-10,12H2,1-4H3/t18-,19+,23+/m1/s1. The predicted octanol–water partition coefficient (Wildman–Crippen LogP) is 4.97. The molecule has 1 saturated carbocycles. The van der Waals surface area contributed by atoms with Gasteiger partial charge in [-0.3, -0.25) is 9.59 Å². The molecule has 0 unspecified atom stereocenters. The SMILES string of the molecule is CC(C)(C)C(=O)Oc1ccc2c(c1)CC[C@@H]1C2=CC[C@]2(C)C(=O)CC[C@@H]12. The van der Waals surface area contributed by atoms with E-state index in [0.29, 0.717) is 23.4 Å². The normalized spacial score (nSPS) is 30.2. The van der Waals surface area contributed by atoms with E-state index in [0.717, 1.165) is 32.1 Å². The van der Waals surface area contributed by atoms with Crippen LogP contribution in [0.5, 0.6) is 5.75 Å². The third-order valence-electron chi connectivity index (χ3n) is 6.70. The van der Waals surface area contributed by atoms with E-state index in [4.69, 9.17) is 4.74 Å². The minimum Gasteiger partial charge on any atom is -0.426 e. The number of carbonyl (C=O) groups excluding carboxylic acids is 2. The molecule has 26 heavy (non-hydrogen) atoms. The molecule has 4 rings (SSSR count). The first-order chi connectivity index (χ1) is 12.2. The summed E-state index contributed by atoms with van der Waals surface area (Å²) >= 11 is 0. The van der Waals surface area contributed by atoms with Crippen molar-refractivity contribution in [3.8, 4) is 5.75 Å². The molecule has 0 heterocycles. The smallest absolute Gasteiger partial charge is 0.316 e. The van der Waals surface area contributed by atoms with Gasteiger partial charge in [-0.15, -0.1) is 0 Å². The highest BCUT2D eigenvalue weighted by Gasteiger charge is 2.52. The number of ether oxygens (including phenoxy) is 1. The van der Waals surface area contributed by atoms with Crippen LogP contribution in [-0.4, -0.2) is 11.8 Å². The first-order valence-electron chi connectivity index (χ1n) is 9.79. The van der Waals surface area contributed by atoms with Crippen LogP contribution >= 0.6 is 0 Å². The number of esters is 1. The highest BCUT2D eigenvalue weighted by Crippen LogP contribution is 2.57. The average molecular weight is 352 g/mol. The largest absolute Gasteiger partial charge is 0.426 e. The van der Waals surface area contributed by atoms with Crippen molar-refractivity contribution in [2.45, 2.75) is 59.8 Å². The molecule has 3 heteroatoms. The highest BCUT2D eigenvalue weighted by molar-refractivity contribution is 5.89. The Morgan fingerprint density at radius 2 is 1.96 bits per heavy atom. The third-order valence-corrected chi connectivity index (χ3v) is 6.70. The fraction of sp³-hybridized carbons (Fsp3) is 0.565.